The number of rotatable bonds is 9. The van der Waals surface area contributed by atoms with Crippen LogP contribution in [0.25, 0.3) is 0 Å². The standard InChI is InChI=1S/C11H22BrNO4/c1-5-15-10(13-9(14)8-12)11(4,16-6-2)17-7-3/h10H,5-8H2,1-4H3,(H,13,14). The lowest BCUT2D eigenvalue weighted by Gasteiger charge is -2.36. The van der Waals surface area contributed by atoms with Gasteiger partial charge in [-0.25, -0.2) is 0 Å². The average molecular weight is 312 g/mol. The van der Waals surface area contributed by atoms with Crippen LogP contribution in [0.4, 0.5) is 0 Å². The van der Waals surface area contributed by atoms with Gasteiger partial charge in [-0.1, -0.05) is 15.9 Å². The zero-order valence-electron chi connectivity index (χ0n) is 10.9. The molecule has 0 spiro atoms. The fourth-order valence-corrected chi connectivity index (χ4v) is 1.60. The number of ether oxygens (including phenoxy) is 3. The second kappa shape index (κ2) is 8.85. The molecule has 0 aliphatic heterocycles. The van der Waals surface area contributed by atoms with Crippen molar-refractivity contribution in [3.05, 3.63) is 0 Å². The maximum atomic E-state index is 11.4. The van der Waals surface area contributed by atoms with Gasteiger partial charge in [0.2, 0.25) is 11.7 Å². The Hall–Kier alpha value is -0.170. The number of halogens is 1. The molecule has 0 aliphatic rings. The monoisotopic (exact) mass is 311 g/mol. The van der Waals surface area contributed by atoms with Crippen LogP contribution in [0.2, 0.25) is 0 Å². The summed E-state index contributed by atoms with van der Waals surface area (Å²) in [6.45, 7) is 8.76. The lowest BCUT2D eigenvalue weighted by molar-refractivity contribution is -0.283. The fourth-order valence-electron chi connectivity index (χ4n) is 1.44. The van der Waals surface area contributed by atoms with Crippen molar-refractivity contribution in [2.75, 3.05) is 25.2 Å². The molecule has 0 saturated heterocycles. The van der Waals surface area contributed by atoms with Gasteiger partial charge in [-0.05, 0) is 27.7 Å². The molecule has 1 atom stereocenters. The first-order valence-corrected chi connectivity index (χ1v) is 6.91. The molecular weight excluding hydrogens is 290 g/mol. The third kappa shape index (κ3) is 5.81. The first kappa shape index (κ1) is 16.8. The Balaban J connectivity index is 4.74. The Bertz CT molecular complexity index is 220. The number of amides is 1. The van der Waals surface area contributed by atoms with Crippen LogP contribution in [-0.4, -0.2) is 43.1 Å². The predicted octanol–water partition coefficient (Wildman–Crippen LogP) is 1.65. The molecule has 1 amide bonds. The maximum Gasteiger partial charge on any atom is 0.232 e. The molecule has 0 aromatic rings. The molecule has 0 aliphatic carbocycles. The van der Waals surface area contributed by atoms with E-state index in [4.69, 9.17) is 14.2 Å². The van der Waals surface area contributed by atoms with E-state index < -0.39 is 12.0 Å². The van der Waals surface area contributed by atoms with Gasteiger partial charge in [-0.3, -0.25) is 4.79 Å². The first-order chi connectivity index (χ1) is 8.03. The highest BCUT2D eigenvalue weighted by molar-refractivity contribution is 9.09. The zero-order chi connectivity index (χ0) is 13.3. The van der Waals surface area contributed by atoms with Crippen LogP contribution in [-0.2, 0) is 19.0 Å². The van der Waals surface area contributed by atoms with Crippen molar-refractivity contribution in [3.63, 3.8) is 0 Å². The molecule has 0 aromatic heterocycles. The highest BCUT2D eigenvalue weighted by atomic mass is 79.9. The normalized spacial score (nSPS) is 13.5. The predicted molar refractivity (Wildman–Crippen MR) is 69.0 cm³/mol. The molecule has 5 nitrogen and oxygen atoms in total. The largest absolute Gasteiger partial charge is 0.353 e. The number of alkyl halides is 1. The SMILES string of the molecule is CCOC(NC(=O)CBr)C(C)(OCC)OCC. The Labute approximate surface area is 111 Å². The van der Waals surface area contributed by atoms with E-state index in [2.05, 4.69) is 21.2 Å². The van der Waals surface area contributed by atoms with E-state index in [9.17, 15) is 4.79 Å². The molecule has 102 valence electrons. The van der Waals surface area contributed by atoms with Crippen LogP contribution < -0.4 is 5.32 Å². The molecule has 1 N–H and O–H groups in total. The van der Waals surface area contributed by atoms with Crippen LogP contribution in [0.1, 0.15) is 27.7 Å². The lowest BCUT2D eigenvalue weighted by Crippen LogP contribution is -2.56. The number of carbonyl (C=O) groups excluding carboxylic acids is 1. The van der Waals surface area contributed by atoms with Crippen molar-refractivity contribution >= 4 is 21.8 Å². The van der Waals surface area contributed by atoms with Crippen molar-refractivity contribution in [1.29, 1.82) is 0 Å². The van der Waals surface area contributed by atoms with E-state index in [-0.39, 0.29) is 11.2 Å². The number of carbonyl (C=O) groups is 1. The van der Waals surface area contributed by atoms with E-state index in [0.29, 0.717) is 19.8 Å². The molecule has 0 rings (SSSR count). The van der Waals surface area contributed by atoms with Gasteiger partial charge in [0.15, 0.2) is 6.23 Å². The number of hydrogen-bond donors (Lipinski definition) is 1. The van der Waals surface area contributed by atoms with Crippen molar-refractivity contribution in [3.8, 4) is 0 Å². The van der Waals surface area contributed by atoms with E-state index in [1.165, 1.54) is 0 Å². The maximum absolute atomic E-state index is 11.4. The van der Waals surface area contributed by atoms with Crippen LogP contribution in [0.5, 0.6) is 0 Å². The first-order valence-electron chi connectivity index (χ1n) is 5.78. The minimum atomic E-state index is -0.975. The number of nitrogens with one attached hydrogen (secondary N) is 1. The van der Waals surface area contributed by atoms with E-state index >= 15 is 0 Å². The van der Waals surface area contributed by atoms with Gasteiger partial charge in [-0.2, -0.15) is 0 Å². The molecule has 17 heavy (non-hydrogen) atoms. The minimum absolute atomic E-state index is 0.172. The van der Waals surface area contributed by atoms with Gasteiger partial charge in [0, 0.05) is 19.8 Å². The van der Waals surface area contributed by atoms with Crippen LogP contribution >= 0.6 is 15.9 Å². The van der Waals surface area contributed by atoms with Crippen LogP contribution in [0.3, 0.4) is 0 Å². The molecule has 1 unspecified atom stereocenters. The van der Waals surface area contributed by atoms with Gasteiger partial charge in [0.1, 0.15) is 0 Å². The fraction of sp³-hybridized carbons (Fsp3) is 0.909. The average Bonchev–Trinajstić information content (AvgIpc) is 2.29. The van der Waals surface area contributed by atoms with Gasteiger partial charge in [-0.15, -0.1) is 0 Å². The molecule has 0 radical (unpaired) electrons. The summed E-state index contributed by atoms with van der Waals surface area (Å²) in [6, 6.07) is 0. The summed E-state index contributed by atoms with van der Waals surface area (Å²) in [5.74, 6) is -1.15. The zero-order valence-corrected chi connectivity index (χ0v) is 12.5. The van der Waals surface area contributed by atoms with Crippen molar-refractivity contribution in [2.45, 2.75) is 39.7 Å². The highest BCUT2D eigenvalue weighted by Gasteiger charge is 2.37. The summed E-state index contributed by atoms with van der Waals surface area (Å²) < 4.78 is 16.6. The highest BCUT2D eigenvalue weighted by Crippen LogP contribution is 2.19. The molecule has 0 heterocycles. The quantitative estimate of drug-likeness (QED) is 0.519. The third-order valence-electron chi connectivity index (χ3n) is 2.08. The Morgan fingerprint density at radius 1 is 1.24 bits per heavy atom. The summed E-state index contributed by atoms with van der Waals surface area (Å²) >= 11 is 3.09. The van der Waals surface area contributed by atoms with E-state index in [0.717, 1.165) is 0 Å². The smallest absolute Gasteiger partial charge is 0.232 e. The Morgan fingerprint density at radius 2 is 1.76 bits per heavy atom. The molecule has 0 bridgehead atoms. The van der Waals surface area contributed by atoms with Crippen LogP contribution in [0.15, 0.2) is 0 Å². The second-order valence-corrected chi connectivity index (χ2v) is 3.98. The topological polar surface area (TPSA) is 56.8 Å². The Morgan fingerprint density at radius 3 is 2.12 bits per heavy atom. The van der Waals surface area contributed by atoms with Crippen molar-refractivity contribution in [1.82, 2.24) is 5.32 Å². The molecule has 0 aromatic carbocycles. The molecule has 6 heteroatoms. The molecule has 0 saturated carbocycles. The van der Waals surface area contributed by atoms with Gasteiger partial charge < -0.3 is 19.5 Å². The van der Waals surface area contributed by atoms with E-state index in [1.54, 1.807) is 6.92 Å². The second-order valence-electron chi connectivity index (χ2n) is 3.42. The lowest BCUT2D eigenvalue weighted by atomic mass is 10.2. The van der Waals surface area contributed by atoms with E-state index in [1.807, 2.05) is 20.8 Å². The van der Waals surface area contributed by atoms with Gasteiger partial charge in [0.25, 0.3) is 0 Å². The number of hydrogen-bond acceptors (Lipinski definition) is 4. The van der Waals surface area contributed by atoms with Crippen LogP contribution in [0, 0.1) is 0 Å². The summed E-state index contributed by atoms with van der Waals surface area (Å²) in [5, 5.41) is 2.93. The summed E-state index contributed by atoms with van der Waals surface area (Å²) in [6.07, 6.45) is -0.627. The van der Waals surface area contributed by atoms with Crippen molar-refractivity contribution < 1.29 is 19.0 Å². The molecule has 0 fully saturated rings. The Kier molecular flexibility index (Phi) is 8.77. The third-order valence-corrected chi connectivity index (χ3v) is 2.59. The van der Waals surface area contributed by atoms with Crippen molar-refractivity contribution in [2.24, 2.45) is 0 Å². The summed E-state index contributed by atoms with van der Waals surface area (Å²) in [7, 11) is 0. The summed E-state index contributed by atoms with van der Waals surface area (Å²) in [4.78, 5) is 11.4. The molecular formula is C11H22BrNO4. The van der Waals surface area contributed by atoms with Gasteiger partial charge >= 0.3 is 0 Å². The minimum Gasteiger partial charge on any atom is -0.353 e. The summed E-state index contributed by atoms with van der Waals surface area (Å²) in [5.41, 5.74) is 0. The van der Waals surface area contributed by atoms with Gasteiger partial charge in [0.05, 0.1) is 5.33 Å².